The van der Waals surface area contributed by atoms with Gasteiger partial charge in [-0.05, 0) is 30.4 Å². The maximum atomic E-state index is 12.7. The van der Waals surface area contributed by atoms with Crippen molar-refractivity contribution in [1.82, 2.24) is 9.69 Å². The number of aromatic amines is 1. The van der Waals surface area contributed by atoms with E-state index in [9.17, 15) is 9.59 Å². The molecule has 1 unspecified atom stereocenters. The van der Waals surface area contributed by atoms with E-state index in [1.807, 2.05) is 12.1 Å². The molecule has 126 valence electrons. The lowest BCUT2D eigenvalue weighted by atomic mass is 9.74. The van der Waals surface area contributed by atoms with Crippen LogP contribution in [0.5, 0.6) is 0 Å². The maximum absolute atomic E-state index is 12.7. The Labute approximate surface area is 148 Å². The molecule has 0 radical (unpaired) electrons. The molecular formula is C17H17ClN2O3S. The van der Waals surface area contributed by atoms with E-state index in [-0.39, 0.29) is 27.3 Å². The number of H-pyrrole nitrogens is 1. The van der Waals surface area contributed by atoms with Crippen molar-refractivity contribution in [2.75, 3.05) is 13.2 Å². The minimum atomic E-state index is -0.417. The Bertz CT molecular complexity index is 838. The van der Waals surface area contributed by atoms with E-state index in [0.717, 1.165) is 36.4 Å². The lowest BCUT2D eigenvalue weighted by molar-refractivity contribution is 0.000585. The lowest BCUT2D eigenvalue weighted by Gasteiger charge is -2.39. The first-order valence-corrected chi connectivity index (χ1v) is 9.13. The first kappa shape index (κ1) is 15.9. The first-order valence-electron chi connectivity index (χ1n) is 7.94. The number of fused-ring (bicyclic) bond motifs is 1. The number of aromatic nitrogens is 1. The van der Waals surface area contributed by atoms with Gasteiger partial charge in [0, 0.05) is 18.6 Å². The summed E-state index contributed by atoms with van der Waals surface area (Å²) < 4.78 is 8.04. The molecule has 1 amide bonds. The molecule has 7 heteroatoms. The molecule has 4 rings (SSSR count). The standard InChI is InChI=1S/C17H17ClN2O3S/c18-12-13(24-20-15(12)21)16(22)19-14-11-4-2-1-3-10(11)9-17(14)5-7-23-8-6-17/h1-4,14H,5-9H2,(H,19,22)(H,20,21). The monoisotopic (exact) mass is 364 g/mol. The van der Waals surface area contributed by atoms with Crippen molar-refractivity contribution in [1.29, 1.82) is 0 Å². The van der Waals surface area contributed by atoms with Gasteiger partial charge in [0.1, 0.15) is 9.90 Å². The molecule has 2 N–H and O–H groups in total. The number of rotatable bonds is 2. The molecule has 5 nitrogen and oxygen atoms in total. The van der Waals surface area contributed by atoms with Crippen LogP contribution < -0.4 is 10.9 Å². The largest absolute Gasteiger partial charge is 0.381 e. The number of halogens is 1. The Morgan fingerprint density at radius 1 is 1.33 bits per heavy atom. The van der Waals surface area contributed by atoms with Crippen LogP contribution in [0.15, 0.2) is 29.1 Å². The fourth-order valence-electron chi connectivity index (χ4n) is 3.90. The van der Waals surface area contributed by atoms with Crippen LogP contribution in [0.2, 0.25) is 5.02 Å². The summed E-state index contributed by atoms with van der Waals surface area (Å²) >= 11 is 6.93. The van der Waals surface area contributed by atoms with Crippen molar-refractivity contribution in [2.45, 2.75) is 25.3 Å². The van der Waals surface area contributed by atoms with E-state index in [2.05, 4.69) is 21.8 Å². The third kappa shape index (κ3) is 2.49. The minimum absolute atomic E-state index is 0.0225. The molecule has 0 bridgehead atoms. The van der Waals surface area contributed by atoms with Crippen molar-refractivity contribution >= 4 is 29.0 Å². The Balaban J connectivity index is 1.69. The van der Waals surface area contributed by atoms with Gasteiger partial charge in [0.2, 0.25) is 0 Å². The molecule has 1 spiro atoms. The average Bonchev–Trinajstić information content (AvgIpc) is 3.07. The molecule has 2 aromatic rings. The fourth-order valence-corrected chi connectivity index (χ4v) is 4.83. The zero-order valence-corrected chi connectivity index (χ0v) is 14.5. The second-order valence-electron chi connectivity index (χ2n) is 6.43. The van der Waals surface area contributed by atoms with Gasteiger partial charge in [0.05, 0.1) is 6.04 Å². The van der Waals surface area contributed by atoms with E-state index in [0.29, 0.717) is 13.2 Å². The zero-order chi connectivity index (χ0) is 16.7. The SMILES string of the molecule is O=C(NC1c2ccccc2CC12CCOCC2)c1s[nH]c(=O)c1Cl. The summed E-state index contributed by atoms with van der Waals surface area (Å²) in [6.07, 6.45) is 2.75. The van der Waals surface area contributed by atoms with Gasteiger partial charge in [-0.15, -0.1) is 0 Å². The van der Waals surface area contributed by atoms with Crippen LogP contribution >= 0.6 is 23.1 Å². The second-order valence-corrected chi connectivity index (χ2v) is 7.63. The fraction of sp³-hybridized carbons (Fsp3) is 0.412. The van der Waals surface area contributed by atoms with Gasteiger partial charge >= 0.3 is 0 Å². The summed E-state index contributed by atoms with van der Waals surface area (Å²) in [5.74, 6) is -0.295. The van der Waals surface area contributed by atoms with Gasteiger partial charge in [-0.25, -0.2) is 0 Å². The highest BCUT2D eigenvalue weighted by Crippen LogP contribution is 2.51. The van der Waals surface area contributed by atoms with E-state index in [1.165, 1.54) is 5.56 Å². The molecule has 0 saturated carbocycles. The van der Waals surface area contributed by atoms with Crippen LogP contribution in [0.25, 0.3) is 0 Å². The predicted octanol–water partition coefficient (Wildman–Crippen LogP) is 2.91. The molecule has 1 saturated heterocycles. The van der Waals surface area contributed by atoms with Gasteiger partial charge in [0.15, 0.2) is 0 Å². The molecule has 1 aliphatic heterocycles. The van der Waals surface area contributed by atoms with Crippen molar-refractivity contribution in [3.05, 3.63) is 55.6 Å². The Kier molecular flexibility index (Phi) is 3.98. The van der Waals surface area contributed by atoms with Gasteiger partial charge in [-0.2, -0.15) is 0 Å². The van der Waals surface area contributed by atoms with Gasteiger partial charge in [-0.3, -0.25) is 14.0 Å². The Morgan fingerprint density at radius 3 is 2.79 bits per heavy atom. The summed E-state index contributed by atoms with van der Waals surface area (Å²) in [6.45, 7) is 1.41. The van der Waals surface area contributed by atoms with E-state index >= 15 is 0 Å². The molecular weight excluding hydrogens is 348 g/mol. The quantitative estimate of drug-likeness (QED) is 0.860. The zero-order valence-electron chi connectivity index (χ0n) is 12.9. The van der Waals surface area contributed by atoms with Crippen molar-refractivity contribution in [3.8, 4) is 0 Å². The number of carbonyl (C=O) groups excluding carboxylic acids is 1. The van der Waals surface area contributed by atoms with Crippen LogP contribution in [-0.4, -0.2) is 23.5 Å². The van der Waals surface area contributed by atoms with Gasteiger partial charge in [-0.1, -0.05) is 47.4 Å². The van der Waals surface area contributed by atoms with E-state index in [1.54, 1.807) is 0 Å². The highest BCUT2D eigenvalue weighted by atomic mass is 35.5. The number of hydrogen-bond acceptors (Lipinski definition) is 4. The molecule has 1 atom stereocenters. The third-order valence-electron chi connectivity index (χ3n) is 5.14. The van der Waals surface area contributed by atoms with Crippen LogP contribution in [0.4, 0.5) is 0 Å². The van der Waals surface area contributed by atoms with Gasteiger partial charge in [0.25, 0.3) is 11.5 Å². The van der Waals surface area contributed by atoms with Crippen LogP contribution in [-0.2, 0) is 11.2 Å². The number of nitrogens with one attached hydrogen (secondary N) is 2. The summed E-state index contributed by atoms with van der Waals surface area (Å²) in [6, 6.07) is 8.15. The van der Waals surface area contributed by atoms with Crippen LogP contribution in [0, 0.1) is 5.41 Å². The molecule has 1 aromatic carbocycles. The lowest BCUT2D eigenvalue weighted by Crippen LogP contribution is -2.42. The molecule has 1 aliphatic carbocycles. The summed E-state index contributed by atoms with van der Waals surface area (Å²) in [5, 5.41) is 3.10. The van der Waals surface area contributed by atoms with Crippen LogP contribution in [0.3, 0.4) is 0 Å². The van der Waals surface area contributed by atoms with E-state index < -0.39 is 5.56 Å². The van der Waals surface area contributed by atoms with E-state index in [4.69, 9.17) is 16.3 Å². The summed E-state index contributed by atoms with van der Waals surface area (Å²) in [7, 11) is 0. The molecule has 1 fully saturated rings. The Morgan fingerprint density at radius 2 is 2.08 bits per heavy atom. The maximum Gasteiger partial charge on any atom is 0.277 e. The van der Waals surface area contributed by atoms with Crippen molar-refractivity contribution in [2.24, 2.45) is 5.41 Å². The minimum Gasteiger partial charge on any atom is -0.381 e. The topological polar surface area (TPSA) is 71.2 Å². The smallest absolute Gasteiger partial charge is 0.277 e. The number of carbonyl (C=O) groups is 1. The van der Waals surface area contributed by atoms with Crippen LogP contribution in [0.1, 0.15) is 39.7 Å². The molecule has 24 heavy (non-hydrogen) atoms. The Hall–Kier alpha value is -1.63. The number of ether oxygens (including phenoxy) is 1. The second kappa shape index (κ2) is 6.02. The number of amides is 1. The number of hydrogen-bond donors (Lipinski definition) is 2. The average molecular weight is 365 g/mol. The van der Waals surface area contributed by atoms with Gasteiger partial charge < -0.3 is 10.1 Å². The van der Waals surface area contributed by atoms with Crippen molar-refractivity contribution < 1.29 is 9.53 Å². The van der Waals surface area contributed by atoms with Crippen molar-refractivity contribution in [3.63, 3.8) is 0 Å². The molecule has 2 heterocycles. The number of benzene rings is 1. The summed E-state index contributed by atoms with van der Waals surface area (Å²) in [4.78, 5) is 24.4. The molecule has 2 aliphatic rings. The normalized spacial score (nSPS) is 21.6. The predicted molar refractivity (Wildman–Crippen MR) is 92.8 cm³/mol. The third-order valence-corrected chi connectivity index (χ3v) is 6.49. The summed E-state index contributed by atoms with van der Waals surface area (Å²) in [5.41, 5.74) is 2.00. The first-order chi connectivity index (χ1) is 11.6. The highest BCUT2D eigenvalue weighted by Gasteiger charge is 2.47. The molecule has 1 aromatic heterocycles. The highest BCUT2D eigenvalue weighted by molar-refractivity contribution is 7.08.